The molecule has 1 aromatic rings. The van der Waals surface area contributed by atoms with E-state index in [9.17, 15) is 4.79 Å². The molecule has 0 radical (unpaired) electrons. The molecule has 0 aliphatic heterocycles. The van der Waals surface area contributed by atoms with Crippen LogP contribution >= 0.6 is 23.1 Å². The van der Waals surface area contributed by atoms with Crippen LogP contribution in [0.4, 0.5) is 0 Å². The predicted molar refractivity (Wildman–Crippen MR) is 92.2 cm³/mol. The van der Waals surface area contributed by atoms with Crippen molar-refractivity contribution >= 4 is 29.0 Å². The number of aliphatic hydroxyl groups excluding tert-OH is 1. The number of hydrogen-bond donors (Lipinski definition) is 2. The van der Waals surface area contributed by atoms with Gasteiger partial charge in [-0.15, -0.1) is 11.3 Å². The smallest absolute Gasteiger partial charge is 0.261 e. The molecule has 21 heavy (non-hydrogen) atoms. The van der Waals surface area contributed by atoms with Crippen molar-refractivity contribution in [3.05, 3.63) is 21.4 Å². The van der Waals surface area contributed by atoms with Gasteiger partial charge in [0.05, 0.1) is 9.75 Å². The van der Waals surface area contributed by atoms with Crippen molar-refractivity contribution in [2.75, 3.05) is 19.4 Å². The van der Waals surface area contributed by atoms with E-state index in [1.165, 1.54) is 11.3 Å². The highest BCUT2D eigenvalue weighted by molar-refractivity contribution is 8.00. The van der Waals surface area contributed by atoms with Crippen LogP contribution in [0.3, 0.4) is 0 Å². The molecule has 3 nitrogen and oxygen atoms in total. The fraction of sp³-hybridized carbons (Fsp3) is 0.562. The van der Waals surface area contributed by atoms with Crippen LogP contribution in [0.2, 0.25) is 0 Å². The van der Waals surface area contributed by atoms with Gasteiger partial charge in [0.1, 0.15) is 6.61 Å². The van der Waals surface area contributed by atoms with Crippen molar-refractivity contribution < 1.29 is 9.90 Å². The van der Waals surface area contributed by atoms with Gasteiger partial charge in [0.2, 0.25) is 0 Å². The summed E-state index contributed by atoms with van der Waals surface area (Å²) < 4.78 is 0.113. The number of thiophene rings is 1. The number of rotatable bonds is 6. The van der Waals surface area contributed by atoms with Gasteiger partial charge in [-0.25, -0.2) is 0 Å². The first-order chi connectivity index (χ1) is 10.0. The molecule has 0 atom stereocenters. The Bertz CT molecular complexity index is 528. The zero-order chi connectivity index (χ0) is 15.9. The number of thioether (sulfide) groups is 1. The van der Waals surface area contributed by atoms with Crippen LogP contribution in [0.5, 0.6) is 0 Å². The van der Waals surface area contributed by atoms with E-state index in [0.29, 0.717) is 11.4 Å². The molecule has 1 amide bonds. The minimum Gasteiger partial charge on any atom is -0.384 e. The first-order valence-electron chi connectivity index (χ1n) is 7.05. The number of aliphatic hydroxyl groups is 1. The molecular weight excluding hydrogens is 302 g/mol. The summed E-state index contributed by atoms with van der Waals surface area (Å²) in [6.45, 7) is 6.75. The highest BCUT2D eigenvalue weighted by atomic mass is 32.2. The summed E-state index contributed by atoms with van der Waals surface area (Å²) in [5.41, 5.74) is 0.980. The molecule has 0 aliphatic rings. The average molecular weight is 325 g/mol. The standard InChI is InChI=1S/C16H23NO2S2/c1-5-16(6-2,20-4)11-17-15(19)14-10-12(3)13(21-14)8-7-9-18/h10,18H,5-6,9,11H2,1-4H3,(H,17,19). The Kier molecular flexibility index (Phi) is 7.30. The van der Waals surface area contributed by atoms with E-state index >= 15 is 0 Å². The Balaban J connectivity index is 2.76. The Morgan fingerprint density at radius 3 is 2.67 bits per heavy atom. The van der Waals surface area contributed by atoms with Crippen molar-refractivity contribution in [2.24, 2.45) is 0 Å². The fourth-order valence-corrected chi connectivity index (χ4v) is 3.78. The highest BCUT2D eigenvalue weighted by Gasteiger charge is 2.25. The van der Waals surface area contributed by atoms with E-state index in [4.69, 9.17) is 5.11 Å². The predicted octanol–water partition coefficient (Wildman–Crippen LogP) is 3.05. The van der Waals surface area contributed by atoms with Crippen molar-refractivity contribution in [3.63, 3.8) is 0 Å². The van der Waals surface area contributed by atoms with Gasteiger partial charge in [-0.2, -0.15) is 11.8 Å². The van der Waals surface area contributed by atoms with E-state index in [0.717, 1.165) is 23.3 Å². The molecule has 0 saturated carbocycles. The van der Waals surface area contributed by atoms with Gasteiger partial charge < -0.3 is 10.4 Å². The summed E-state index contributed by atoms with van der Waals surface area (Å²) in [7, 11) is 0. The number of carbonyl (C=O) groups excluding carboxylic acids is 1. The molecule has 1 rings (SSSR count). The number of amides is 1. The Morgan fingerprint density at radius 2 is 2.14 bits per heavy atom. The minimum atomic E-state index is -0.165. The number of nitrogens with one attached hydrogen (secondary N) is 1. The van der Waals surface area contributed by atoms with Gasteiger partial charge in [0.25, 0.3) is 5.91 Å². The lowest BCUT2D eigenvalue weighted by atomic mass is 10.0. The number of carbonyl (C=O) groups is 1. The second kappa shape index (κ2) is 8.47. The Hall–Kier alpha value is -0.960. The van der Waals surface area contributed by atoms with Crippen LogP contribution in [0.25, 0.3) is 0 Å². The largest absolute Gasteiger partial charge is 0.384 e. The maximum absolute atomic E-state index is 12.3. The molecule has 2 N–H and O–H groups in total. The van der Waals surface area contributed by atoms with Crippen LogP contribution in [0, 0.1) is 18.8 Å². The molecule has 0 spiro atoms. The van der Waals surface area contributed by atoms with Crippen molar-refractivity contribution in [2.45, 2.75) is 38.4 Å². The molecule has 0 fully saturated rings. The van der Waals surface area contributed by atoms with Gasteiger partial charge in [-0.3, -0.25) is 4.79 Å². The summed E-state index contributed by atoms with van der Waals surface area (Å²) in [5.74, 6) is 5.46. The summed E-state index contributed by atoms with van der Waals surface area (Å²) in [5, 5.41) is 11.8. The fourth-order valence-electron chi connectivity index (χ4n) is 2.03. The van der Waals surface area contributed by atoms with Crippen LogP contribution < -0.4 is 5.32 Å². The Labute approximate surface area is 135 Å². The van der Waals surface area contributed by atoms with Gasteiger partial charge in [0, 0.05) is 11.3 Å². The lowest BCUT2D eigenvalue weighted by Gasteiger charge is -2.29. The van der Waals surface area contributed by atoms with Crippen LogP contribution in [0.1, 0.15) is 46.8 Å². The molecule has 0 aromatic carbocycles. The maximum atomic E-state index is 12.3. The summed E-state index contributed by atoms with van der Waals surface area (Å²) in [6.07, 6.45) is 4.15. The lowest BCUT2D eigenvalue weighted by Crippen LogP contribution is -2.39. The second-order valence-electron chi connectivity index (χ2n) is 4.86. The Morgan fingerprint density at radius 1 is 1.48 bits per heavy atom. The van der Waals surface area contributed by atoms with Gasteiger partial charge >= 0.3 is 0 Å². The lowest BCUT2D eigenvalue weighted by molar-refractivity contribution is 0.0953. The van der Waals surface area contributed by atoms with Crippen molar-refractivity contribution in [1.29, 1.82) is 0 Å². The van der Waals surface area contributed by atoms with Crippen LogP contribution in [0.15, 0.2) is 6.07 Å². The zero-order valence-corrected chi connectivity index (χ0v) is 14.7. The molecule has 0 unspecified atom stereocenters. The monoisotopic (exact) mass is 325 g/mol. The summed E-state index contributed by atoms with van der Waals surface area (Å²) in [4.78, 5) is 13.8. The molecule has 0 aliphatic carbocycles. The summed E-state index contributed by atoms with van der Waals surface area (Å²) in [6, 6.07) is 1.86. The van der Waals surface area contributed by atoms with Gasteiger partial charge in [-0.1, -0.05) is 25.7 Å². The topological polar surface area (TPSA) is 49.3 Å². The second-order valence-corrected chi connectivity index (χ2v) is 7.19. The minimum absolute atomic E-state index is 0.0412. The molecule has 0 bridgehead atoms. The van der Waals surface area contributed by atoms with E-state index in [1.54, 1.807) is 0 Å². The first kappa shape index (κ1) is 18.1. The number of hydrogen-bond acceptors (Lipinski definition) is 4. The third kappa shape index (κ3) is 4.77. The van der Waals surface area contributed by atoms with Crippen LogP contribution in [-0.2, 0) is 0 Å². The molecular formula is C16H23NO2S2. The molecule has 116 valence electrons. The van der Waals surface area contributed by atoms with E-state index in [2.05, 4.69) is 37.3 Å². The molecule has 1 heterocycles. The van der Waals surface area contributed by atoms with E-state index < -0.39 is 0 Å². The third-order valence-electron chi connectivity index (χ3n) is 3.72. The maximum Gasteiger partial charge on any atom is 0.261 e. The zero-order valence-electron chi connectivity index (χ0n) is 13.1. The SMILES string of the molecule is CCC(CC)(CNC(=O)c1cc(C)c(C#CCO)s1)SC. The average Bonchev–Trinajstić information content (AvgIpc) is 2.88. The highest BCUT2D eigenvalue weighted by Crippen LogP contribution is 2.30. The van der Waals surface area contributed by atoms with E-state index in [1.807, 2.05) is 24.8 Å². The van der Waals surface area contributed by atoms with E-state index in [-0.39, 0.29) is 17.3 Å². The van der Waals surface area contributed by atoms with Gasteiger partial charge in [-0.05, 0) is 37.7 Å². The van der Waals surface area contributed by atoms with Crippen molar-refractivity contribution in [1.82, 2.24) is 5.32 Å². The normalized spacial score (nSPS) is 10.9. The van der Waals surface area contributed by atoms with Crippen LogP contribution in [-0.4, -0.2) is 35.2 Å². The molecule has 5 heteroatoms. The molecule has 0 saturated heterocycles. The van der Waals surface area contributed by atoms with Crippen molar-refractivity contribution in [3.8, 4) is 11.8 Å². The number of aryl methyl sites for hydroxylation is 1. The third-order valence-corrected chi connectivity index (χ3v) is 6.45. The summed E-state index contributed by atoms with van der Waals surface area (Å²) >= 11 is 3.19. The van der Waals surface area contributed by atoms with Gasteiger partial charge in [0.15, 0.2) is 0 Å². The molecule has 1 aromatic heterocycles. The first-order valence-corrected chi connectivity index (χ1v) is 9.09. The quantitative estimate of drug-likeness (QED) is 0.790.